The number of para-hydroxylation sites is 1. The van der Waals surface area contributed by atoms with Crippen molar-refractivity contribution in [2.24, 2.45) is 0 Å². The minimum Gasteiger partial charge on any atom is -0.457 e. The van der Waals surface area contributed by atoms with E-state index in [1.165, 1.54) is 4.31 Å². The van der Waals surface area contributed by atoms with Crippen LogP contribution in [0.3, 0.4) is 0 Å². The average molecular weight is 439 g/mol. The Kier molecular flexibility index (Phi) is 6.97. The second kappa shape index (κ2) is 9.66. The summed E-state index contributed by atoms with van der Waals surface area (Å²) in [6.45, 7) is 3.71. The molecule has 0 aliphatic carbocycles. The minimum atomic E-state index is -3.67. The Morgan fingerprint density at radius 1 is 0.935 bits per heavy atom. The summed E-state index contributed by atoms with van der Waals surface area (Å²) in [7, 11) is -3.67. The van der Waals surface area contributed by atoms with Gasteiger partial charge in [0, 0.05) is 5.69 Å². The Labute approximate surface area is 183 Å². The van der Waals surface area contributed by atoms with Crippen molar-refractivity contribution in [1.82, 2.24) is 0 Å². The van der Waals surface area contributed by atoms with Crippen LogP contribution in [0.4, 0.5) is 11.4 Å². The molecule has 0 heterocycles. The number of nitrogens with one attached hydrogen (secondary N) is 1. The molecular weight excluding hydrogens is 412 g/mol. The Morgan fingerprint density at radius 2 is 1.52 bits per heavy atom. The summed E-state index contributed by atoms with van der Waals surface area (Å²) in [5, 5.41) is 2.82. The molecule has 1 unspecified atom stereocenters. The number of benzene rings is 3. The Hall–Kier alpha value is -3.32. The lowest BCUT2D eigenvalue weighted by Gasteiger charge is -2.30. The molecular formula is C24H26N2O4S. The molecule has 1 N–H and O–H groups in total. The monoisotopic (exact) mass is 438 g/mol. The molecule has 1 amide bonds. The highest BCUT2D eigenvalue weighted by Gasteiger charge is 2.31. The van der Waals surface area contributed by atoms with E-state index in [0.717, 1.165) is 11.8 Å². The highest BCUT2D eigenvalue weighted by molar-refractivity contribution is 7.92. The Bertz CT molecular complexity index is 1110. The summed E-state index contributed by atoms with van der Waals surface area (Å²) >= 11 is 0. The fourth-order valence-corrected chi connectivity index (χ4v) is 4.42. The first-order valence-corrected chi connectivity index (χ1v) is 11.8. The lowest BCUT2D eigenvalue weighted by molar-refractivity contribution is -0.117. The summed E-state index contributed by atoms with van der Waals surface area (Å²) in [6, 6.07) is 22.5. The lowest BCUT2D eigenvalue weighted by Crippen LogP contribution is -2.47. The molecule has 3 rings (SSSR count). The number of amides is 1. The van der Waals surface area contributed by atoms with Gasteiger partial charge in [0.05, 0.1) is 11.9 Å². The molecule has 3 aromatic carbocycles. The highest BCUT2D eigenvalue weighted by Crippen LogP contribution is 2.25. The Balaban J connectivity index is 1.77. The molecule has 0 aliphatic rings. The molecule has 6 nitrogen and oxygen atoms in total. The van der Waals surface area contributed by atoms with Crippen LogP contribution in [0.1, 0.15) is 18.9 Å². The van der Waals surface area contributed by atoms with Gasteiger partial charge in [0.1, 0.15) is 17.5 Å². The van der Waals surface area contributed by atoms with Gasteiger partial charge in [0.25, 0.3) is 0 Å². The number of hydrogen-bond acceptors (Lipinski definition) is 4. The van der Waals surface area contributed by atoms with Gasteiger partial charge in [-0.2, -0.15) is 0 Å². The molecule has 0 fully saturated rings. The molecule has 1 atom stereocenters. The van der Waals surface area contributed by atoms with Gasteiger partial charge in [0.2, 0.25) is 15.9 Å². The number of anilines is 2. The summed E-state index contributed by atoms with van der Waals surface area (Å²) in [5.74, 6) is 0.950. The number of nitrogens with zero attached hydrogens (tertiary/aromatic N) is 1. The third-order valence-electron chi connectivity index (χ3n) is 4.72. The van der Waals surface area contributed by atoms with Gasteiger partial charge in [-0.15, -0.1) is 0 Å². The maximum atomic E-state index is 13.0. The van der Waals surface area contributed by atoms with E-state index in [0.29, 0.717) is 29.3 Å². The largest absolute Gasteiger partial charge is 0.457 e. The fraction of sp³-hybridized carbons (Fsp3) is 0.208. The SMILES string of the molecule is CCC(C(=O)Nc1ccc(Oc2ccccc2)cc1)N(c1ccc(C)cc1)S(C)(=O)=O. The van der Waals surface area contributed by atoms with E-state index in [-0.39, 0.29) is 0 Å². The van der Waals surface area contributed by atoms with Gasteiger partial charge in [-0.3, -0.25) is 9.10 Å². The summed E-state index contributed by atoms with van der Waals surface area (Å²) in [4.78, 5) is 13.0. The normalized spacial score (nSPS) is 12.1. The minimum absolute atomic E-state index is 0.321. The van der Waals surface area contributed by atoms with Crippen LogP contribution in [0.5, 0.6) is 11.5 Å². The van der Waals surface area contributed by atoms with Crippen molar-refractivity contribution in [3.8, 4) is 11.5 Å². The van der Waals surface area contributed by atoms with Crippen LogP contribution in [0.2, 0.25) is 0 Å². The second-order valence-corrected chi connectivity index (χ2v) is 9.11. The van der Waals surface area contributed by atoms with Gasteiger partial charge < -0.3 is 10.1 Å². The van der Waals surface area contributed by atoms with Crippen molar-refractivity contribution in [1.29, 1.82) is 0 Å². The van der Waals surface area contributed by atoms with E-state index in [4.69, 9.17) is 4.74 Å². The van der Waals surface area contributed by atoms with Crippen molar-refractivity contribution in [3.05, 3.63) is 84.4 Å². The van der Waals surface area contributed by atoms with E-state index in [1.54, 1.807) is 43.3 Å². The number of hydrogen-bond donors (Lipinski definition) is 1. The number of carbonyl (C=O) groups excluding carboxylic acids is 1. The van der Waals surface area contributed by atoms with Gasteiger partial charge in [0.15, 0.2) is 0 Å². The van der Waals surface area contributed by atoms with Crippen LogP contribution in [0.15, 0.2) is 78.9 Å². The quantitative estimate of drug-likeness (QED) is 0.539. The molecule has 162 valence electrons. The number of aryl methyl sites for hydroxylation is 1. The van der Waals surface area contributed by atoms with Gasteiger partial charge in [-0.05, 0) is 61.9 Å². The van der Waals surface area contributed by atoms with Crippen LogP contribution in [-0.2, 0) is 14.8 Å². The van der Waals surface area contributed by atoms with E-state index < -0.39 is 22.0 Å². The molecule has 0 bridgehead atoms. The van der Waals surface area contributed by atoms with E-state index >= 15 is 0 Å². The summed E-state index contributed by atoms with van der Waals surface area (Å²) < 4.78 is 32.0. The zero-order chi connectivity index (χ0) is 22.4. The van der Waals surface area contributed by atoms with Crippen molar-refractivity contribution < 1.29 is 17.9 Å². The molecule has 0 aliphatic heterocycles. The fourth-order valence-electron chi connectivity index (χ4n) is 3.21. The van der Waals surface area contributed by atoms with Crippen molar-refractivity contribution in [3.63, 3.8) is 0 Å². The third-order valence-corrected chi connectivity index (χ3v) is 5.90. The molecule has 0 radical (unpaired) electrons. The predicted molar refractivity (Wildman–Crippen MR) is 124 cm³/mol. The molecule has 0 spiro atoms. The van der Waals surface area contributed by atoms with Crippen LogP contribution in [-0.4, -0.2) is 26.6 Å². The highest BCUT2D eigenvalue weighted by atomic mass is 32.2. The lowest BCUT2D eigenvalue weighted by atomic mass is 10.1. The first kappa shape index (κ1) is 22.4. The topological polar surface area (TPSA) is 75.7 Å². The first-order valence-electron chi connectivity index (χ1n) is 9.98. The smallest absolute Gasteiger partial charge is 0.248 e. The first-order chi connectivity index (χ1) is 14.8. The average Bonchev–Trinajstić information content (AvgIpc) is 2.74. The Morgan fingerprint density at radius 3 is 2.06 bits per heavy atom. The maximum absolute atomic E-state index is 13.0. The summed E-state index contributed by atoms with van der Waals surface area (Å²) in [6.07, 6.45) is 1.43. The number of rotatable bonds is 8. The van der Waals surface area contributed by atoms with Crippen molar-refractivity contribution in [2.45, 2.75) is 26.3 Å². The molecule has 31 heavy (non-hydrogen) atoms. The van der Waals surface area contributed by atoms with Crippen LogP contribution in [0, 0.1) is 6.92 Å². The standard InChI is InChI=1S/C24H26N2O4S/c1-4-23(26(31(3,28)29)20-14-10-18(2)11-15-20)24(27)25-19-12-16-22(17-13-19)30-21-8-6-5-7-9-21/h5-17,23H,4H2,1-3H3,(H,25,27). The molecule has 7 heteroatoms. The van der Waals surface area contributed by atoms with E-state index in [9.17, 15) is 13.2 Å². The molecule has 0 saturated heterocycles. The van der Waals surface area contributed by atoms with Crippen LogP contribution >= 0.6 is 0 Å². The summed E-state index contributed by atoms with van der Waals surface area (Å²) in [5.41, 5.74) is 2.02. The van der Waals surface area contributed by atoms with Gasteiger partial charge in [-0.25, -0.2) is 8.42 Å². The van der Waals surface area contributed by atoms with Gasteiger partial charge in [-0.1, -0.05) is 42.8 Å². The van der Waals surface area contributed by atoms with E-state index in [2.05, 4.69) is 5.32 Å². The number of sulfonamides is 1. The van der Waals surface area contributed by atoms with Crippen LogP contribution in [0.25, 0.3) is 0 Å². The second-order valence-electron chi connectivity index (χ2n) is 7.25. The number of ether oxygens (including phenoxy) is 1. The maximum Gasteiger partial charge on any atom is 0.248 e. The van der Waals surface area contributed by atoms with Gasteiger partial charge >= 0.3 is 0 Å². The van der Waals surface area contributed by atoms with Crippen LogP contribution < -0.4 is 14.4 Å². The van der Waals surface area contributed by atoms with Crippen molar-refractivity contribution in [2.75, 3.05) is 15.9 Å². The zero-order valence-electron chi connectivity index (χ0n) is 17.8. The zero-order valence-corrected chi connectivity index (χ0v) is 18.6. The molecule has 3 aromatic rings. The third kappa shape index (κ3) is 5.86. The number of carbonyl (C=O) groups is 1. The predicted octanol–water partition coefficient (Wildman–Crippen LogP) is 4.97. The molecule has 0 saturated carbocycles. The molecule has 0 aromatic heterocycles. The van der Waals surface area contributed by atoms with Crippen molar-refractivity contribution >= 4 is 27.3 Å². The van der Waals surface area contributed by atoms with E-state index in [1.807, 2.05) is 49.4 Å².